The molecule has 0 bridgehead atoms. The van der Waals surface area contributed by atoms with Crippen molar-refractivity contribution in [2.24, 2.45) is 5.73 Å². The van der Waals surface area contributed by atoms with E-state index >= 15 is 0 Å². The minimum atomic E-state index is 0.0955. The van der Waals surface area contributed by atoms with Crippen LogP contribution >= 0.6 is 11.8 Å². The topological polar surface area (TPSA) is 35.2 Å². The number of thioether (sulfide) groups is 1. The summed E-state index contributed by atoms with van der Waals surface area (Å²) in [5.74, 6) is 1.05. The molecule has 21 heavy (non-hydrogen) atoms. The molecule has 2 aromatic rings. The van der Waals surface area contributed by atoms with Gasteiger partial charge in [-0.3, -0.25) is 0 Å². The van der Waals surface area contributed by atoms with E-state index in [4.69, 9.17) is 10.5 Å². The second-order valence-electron chi connectivity index (χ2n) is 5.43. The highest BCUT2D eigenvalue weighted by Crippen LogP contribution is 2.29. The molecule has 2 N–H and O–H groups in total. The van der Waals surface area contributed by atoms with E-state index in [1.54, 1.807) is 11.8 Å². The van der Waals surface area contributed by atoms with E-state index < -0.39 is 0 Å². The van der Waals surface area contributed by atoms with Crippen LogP contribution in [0.25, 0.3) is 0 Å². The number of hydrogen-bond donors (Lipinski definition) is 1. The highest BCUT2D eigenvalue weighted by Gasteiger charge is 2.14. The molecule has 1 aliphatic rings. The lowest BCUT2D eigenvalue weighted by atomic mass is 9.98. The number of aryl methyl sites for hydroxylation is 1. The van der Waals surface area contributed by atoms with Gasteiger partial charge in [0.2, 0.25) is 0 Å². The van der Waals surface area contributed by atoms with Crippen LogP contribution in [0.5, 0.6) is 5.75 Å². The first-order chi connectivity index (χ1) is 10.3. The molecule has 0 aromatic heterocycles. The van der Waals surface area contributed by atoms with Gasteiger partial charge in [-0.15, -0.1) is 11.8 Å². The van der Waals surface area contributed by atoms with Crippen molar-refractivity contribution in [2.75, 3.05) is 12.9 Å². The number of fused-ring (bicyclic) bond motifs is 1. The maximum atomic E-state index is 6.39. The van der Waals surface area contributed by atoms with Crippen LogP contribution in [0.1, 0.15) is 29.2 Å². The van der Waals surface area contributed by atoms with Crippen LogP contribution in [0.3, 0.4) is 0 Å². The van der Waals surface area contributed by atoms with Gasteiger partial charge in [0.05, 0.1) is 6.61 Å². The van der Waals surface area contributed by atoms with E-state index in [9.17, 15) is 0 Å². The summed E-state index contributed by atoms with van der Waals surface area (Å²) in [4.78, 5) is 1.28. The molecule has 0 fully saturated rings. The Bertz CT molecular complexity index is 626. The molecule has 0 spiro atoms. The molecule has 2 nitrogen and oxygen atoms in total. The zero-order valence-electron chi connectivity index (χ0n) is 12.3. The first-order valence-electron chi connectivity index (χ1n) is 7.41. The monoisotopic (exact) mass is 299 g/mol. The van der Waals surface area contributed by atoms with Gasteiger partial charge in [0.15, 0.2) is 0 Å². The van der Waals surface area contributed by atoms with Gasteiger partial charge in [-0.25, -0.2) is 0 Å². The van der Waals surface area contributed by atoms with Gasteiger partial charge >= 0.3 is 0 Å². The van der Waals surface area contributed by atoms with Crippen LogP contribution in [0, 0.1) is 0 Å². The molecular formula is C18H21NOS. The van der Waals surface area contributed by atoms with Crippen molar-refractivity contribution in [3.05, 3.63) is 59.2 Å². The smallest absolute Gasteiger partial charge is 0.122 e. The molecule has 0 saturated heterocycles. The largest absolute Gasteiger partial charge is 0.493 e. The summed E-state index contributed by atoms with van der Waals surface area (Å²) in [5, 5.41) is 0. The number of rotatable bonds is 5. The van der Waals surface area contributed by atoms with Crippen LogP contribution < -0.4 is 10.5 Å². The Labute approximate surface area is 130 Å². The second-order valence-corrected chi connectivity index (χ2v) is 6.28. The maximum absolute atomic E-state index is 6.39. The van der Waals surface area contributed by atoms with Crippen molar-refractivity contribution in [1.29, 1.82) is 0 Å². The van der Waals surface area contributed by atoms with Gasteiger partial charge in [-0.1, -0.05) is 30.3 Å². The zero-order chi connectivity index (χ0) is 14.7. The third kappa shape index (κ3) is 3.25. The minimum absolute atomic E-state index is 0.0955. The Kier molecular flexibility index (Phi) is 4.51. The summed E-state index contributed by atoms with van der Waals surface area (Å²) in [5.41, 5.74) is 10.3. The number of hydrogen-bond acceptors (Lipinski definition) is 3. The first kappa shape index (κ1) is 14.5. The molecule has 1 atom stereocenters. The fourth-order valence-corrected chi connectivity index (χ4v) is 3.52. The Morgan fingerprint density at radius 1 is 1.24 bits per heavy atom. The first-order valence-corrected chi connectivity index (χ1v) is 8.63. The summed E-state index contributed by atoms with van der Waals surface area (Å²) >= 11 is 1.77. The van der Waals surface area contributed by atoms with Crippen molar-refractivity contribution < 1.29 is 4.74 Å². The Morgan fingerprint density at radius 2 is 2.10 bits per heavy atom. The number of benzene rings is 2. The quantitative estimate of drug-likeness (QED) is 0.848. The second kappa shape index (κ2) is 6.54. The maximum Gasteiger partial charge on any atom is 0.122 e. The molecule has 0 radical (unpaired) electrons. The third-order valence-corrected chi connectivity index (χ3v) is 4.85. The average molecular weight is 299 g/mol. The van der Waals surface area contributed by atoms with E-state index in [1.807, 2.05) is 0 Å². The van der Waals surface area contributed by atoms with Crippen molar-refractivity contribution >= 4 is 11.8 Å². The van der Waals surface area contributed by atoms with Crippen LogP contribution in [-0.2, 0) is 12.8 Å². The van der Waals surface area contributed by atoms with Crippen molar-refractivity contribution in [1.82, 2.24) is 0 Å². The van der Waals surface area contributed by atoms with Gasteiger partial charge in [-0.05, 0) is 47.9 Å². The van der Waals surface area contributed by atoms with Crippen molar-refractivity contribution in [3.63, 3.8) is 0 Å². The summed E-state index contributed by atoms with van der Waals surface area (Å²) in [7, 11) is 0. The lowest BCUT2D eigenvalue weighted by Crippen LogP contribution is -2.12. The molecule has 2 aromatic carbocycles. The predicted octanol–water partition coefficient (Wildman–Crippen LogP) is 3.98. The Morgan fingerprint density at radius 3 is 2.95 bits per heavy atom. The van der Waals surface area contributed by atoms with Gasteiger partial charge in [-0.2, -0.15) is 0 Å². The summed E-state index contributed by atoms with van der Waals surface area (Å²) in [6.07, 6.45) is 5.12. The zero-order valence-corrected chi connectivity index (χ0v) is 13.2. The molecule has 0 aliphatic carbocycles. The van der Waals surface area contributed by atoms with E-state index in [0.717, 1.165) is 31.6 Å². The fourth-order valence-electron chi connectivity index (χ4n) is 2.85. The average Bonchev–Trinajstić information content (AvgIpc) is 3.00. The van der Waals surface area contributed by atoms with Gasteiger partial charge in [0.25, 0.3) is 0 Å². The van der Waals surface area contributed by atoms with Crippen LogP contribution in [0.4, 0.5) is 0 Å². The molecule has 0 amide bonds. The highest BCUT2D eigenvalue weighted by atomic mass is 32.2. The molecule has 1 unspecified atom stereocenters. The molecule has 1 heterocycles. The standard InChI is InChI=1S/C18H21NOS/c1-21-18-5-3-2-4-15(18)16(19)8-6-13-7-9-17-14(12-13)10-11-20-17/h2-5,7,9,12,16H,6,8,10-11,19H2,1H3. The molecule has 1 aliphatic heterocycles. The number of ether oxygens (including phenoxy) is 1. The SMILES string of the molecule is CSc1ccccc1C(N)CCc1ccc2c(c1)CCO2. The van der Waals surface area contributed by atoms with Gasteiger partial charge < -0.3 is 10.5 Å². The molecule has 3 rings (SSSR count). The van der Waals surface area contributed by atoms with E-state index in [2.05, 4.69) is 48.7 Å². The number of nitrogens with two attached hydrogens (primary N) is 1. The normalized spacial score (nSPS) is 14.6. The Hall–Kier alpha value is -1.45. The van der Waals surface area contributed by atoms with E-state index in [0.29, 0.717) is 0 Å². The van der Waals surface area contributed by atoms with Crippen molar-refractivity contribution in [2.45, 2.75) is 30.2 Å². The van der Waals surface area contributed by atoms with E-state index in [1.165, 1.54) is 21.6 Å². The van der Waals surface area contributed by atoms with Gasteiger partial charge in [0.1, 0.15) is 5.75 Å². The van der Waals surface area contributed by atoms with E-state index in [-0.39, 0.29) is 6.04 Å². The molecule has 110 valence electrons. The predicted molar refractivity (Wildman–Crippen MR) is 89.1 cm³/mol. The van der Waals surface area contributed by atoms with Gasteiger partial charge in [0, 0.05) is 17.4 Å². The van der Waals surface area contributed by atoms with Crippen molar-refractivity contribution in [3.8, 4) is 5.75 Å². The minimum Gasteiger partial charge on any atom is -0.493 e. The molecule has 0 saturated carbocycles. The lowest BCUT2D eigenvalue weighted by Gasteiger charge is -2.15. The summed E-state index contributed by atoms with van der Waals surface area (Å²) in [6.45, 7) is 0.819. The third-order valence-electron chi connectivity index (χ3n) is 4.04. The fraction of sp³-hybridized carbons (Fsp3) is 0.333. The molecule has 3 heteroatoms. The lowest BCUT2D eigenvalue weighted by molar-refractivity contribution is 0.357. The summed E-state index contributed by atoms with van der Waals surface area (Å²) in [6, 6.07) is 15.1. The highest BCUT2D eigenvalue weighted by molar-refractivity contribution is 7.98. The van der Waals surface area contributed by atoms with Crippen LogP contribution in [-0.4, -0.2) is 12.9 Å². The summed E-state index contributed by atoms with van der Waals surface area (Å²) < 4.78 is 5.55. The molecular weight excluding hydrogens is 278 g/mol. The van der Waals surface area contributed by atoms with Crippen LogP contribution in [0.15, 0.2) is 47.4 Å². The Balaban J connectivity index is 1.67. The van der Waals surface area contributed by atoms with Crippen LogP contribution in [0.2, 0.25) is 0 Å².